The van der Waals surface area contributed by atoms with Gasteiger partial charge in [-0.05, 0) is 44.9 Å². The number of nitrogens with one attached hydrogen (secondary N) is 1. The summed E-state index contributed by atoms with van der Waals surface area (Å²) >= 11 is 0. The largest absolute Gasteiger partial charge is 0.481 e. The fourth-order valence-corrected chi connectivity index (χ4v) is 2.01. The molecule has 0 radical (unpaired) electrons. The smallest absolute Gasteiger partial charge is 0.260 e. The Balaban J connectivity index is 2.78. The van der Waals surface area contributed by atoms with Gasteiger partial charge in [0.1, 0.15) is 11.6 Å². The fraction of sp³-hybridized carbons (Fsp3) is 0.562. The molecule has 1 aromatic rings. The number of halogens is 1. The predicted octanol–water partition coefficient (Wildman–Crippen LogP) is 2.95. The molecule has 0 aromatic heterocycles. The van der Waals surface area contributed by atoms with Gasteiger partial charge in [-0.15, -0.1) is 0 Å². The number of aliphatic hydroxyl groups is 1. The first-order valence-corrected chi connectivity index (χ1v) is 7.33. The number of rotatable bonds is 7. The molecule has 0 saturated carbocycles. The Hall–Kier alpha value is -1.62. The molecule has 0 spiro atoms. The highest BCUT2D eigenvalue weighted by atomic mass is 19.1. The van der Waals surface area contributed by atoms with Crippen LogP contribution in [0.3, 0.4) is 0 Å². The van der Waals surface area contributed by atoms with Crippen LogP contribution in [0.5, 0.6) is 5.75 Å². The summed E-state index contributed by atoms with van der Waals surface area (Å²) in [6.45, 7) is 7.17. The zero-order chi connectivity index (χ0) is 16.0. The van der Waals surface area contributed by atoms with E-state index in [2.05, 4.69) is 5.32 Å². The molecule has 118 valence electrons. The predicted molar refractivity (Wildman–Crippen MR) is 79.6 cm³/mol. The van der Waals surface area contributed by atoms with E-state index in [-0.39, 0.29) is 11.9 Å². The van der Waals surface area contributed by atoms with Crippen LogP contribution in [0, 0.1) is 5.82 Å². The van der Waals surface area contributed by atoms with E-state index in [1.54, 1.807) is 6.92 Å². The van der Waals surface area contributed by atoms with Crippen molar-refractivity contribution >= 4 is 5.91 Å². The van der Waals surface area contributed by atoms with E-state index in [0.29, 0.717) is 11.3 Å². The van der Waals surface area contributed by atoms with Crippen molar-refractivity contribution in [3.05, 3.63) is 29.6 Å². The Labute approximate surface area is 125 Å². The van der Waals surface area contributed by atoms with E-state index in [0.717, 1.165) is 12.8 Å². The molecule has 2 N–H and O–H groups in total. The highest BCUT2D eigenvalue weighted by Gasteiger charge is 2.20. The van der Waals surface area contributed by atoms with Crippen molar-refractivity contribution in [3.63, 3.8) is 0 Å². The van der Waals surface area contributed by atoms with Crippen molar-refractivity contribution < 1.29 is 19.0 Å². The van der Waals surface area contributed by atoms with Crippen LogP contribution in [-0.2, 0) is 4.79 Å². The molecule has 1 aromatic carbocycles. The van der Waals surface area contributed by atoms with Gasteiger partial charge in [0, 0.05) is 11.6 Å². The number of hydrogen-bond donors (Lipinski definition) is 2. The highest BCUT2D eigenvalue weighted by Crippen LogP contribution is 2.26. The summed E-state index contributed by atoms with van der Waals surface area (Å²) in [5, 5.41) is 12.6. The molecule has 0 fully saturated rings. The lowest BCUT2D eigenvalue weighted by Gasteiger charge is -2.21. The van der Waals surface area contributed by atoms with Crippen LogP contribution < -0.4 is 10.1 Å². The number of aliphatic hydroxyl groups excluding tert-OH is 1. The Morgan fingerprint density at radius 3 is 2.48 bits per heavy atom. The molecule has 0 bridgehead atoms. The van der Waals surface area contributed by atoms with Crippen LogP contribution in [0.4, 0.5) is 4.39 Å². The minimum absolute atomic E-state index is 0.119. The van der Waals surface area contributed by atoms with E-state index >= 15 is 0 Å². The maximum absolute atomic E-state index is 13.2. The molecule has 1 amide bonds. The lowest BCUT2D eigenvalue weighted by atomic mass is 10.1. The Kier molecular flexibility index (Phi) is 6.62. The van der Waals surface area contributed by atoms with Gasteiger partial charge in [-0.1, -0.05) is 13.8 Å². The quantitative estimate of drug-likeness (QED) is 0.813. The van der Waals surface area contributed by atoms with Gasteiger partial charge >= 0.3 is 0 Å². The van der Waals surface area contributed by atoms with E-state index in [1.807, 2.05) is 13.8 Å². The maximum Gasteiger partial charge on any atom is 0.260 e. The monoisotopic (exact) mass is 297 g/mol. The second kappa shape index (κ2) is 7.98. The summed E-state index contributed by atoms with van der Waals surface area (Å²) < 4.78 is 18.8. The van der Waals surface area contributed by atoms with Crippen LogP contribution in [0.2, 0.25) is 0 Å². The van der Waals surface area contributed by atoms with Crippen LogP contribution in [0.1, 0.15) is 52.2 Å². The number of carbonyl (C=O) groups excluding carboxylic acids is 1. The fourth-order valence-electron chi connectivity index (χ4n) is 2.01. The molecule has 21 heavy (non-hydrogen) atoms. The minimum Gasteiger partial charge on any atom is -0.481 e. The molecule has 2 atom stereocenters. The van der Waals surface area contributed by atoms with Crippen LogP contribution in [0.15, 0.2) is 18.2 Å². The summed E-state index contributed by atoms with van der Waals surface area (Å²) in [6, 6.07) is 4.00. The van der Waals surface area contributed by atoms with Crippen molar-refractivity contribution in [2.75, 3.05) is 0 Å². The van der Waals surface area contributed by atoms with Crippen molar-refractivity contribution in [1.82, 2.24) is 5.32 Å². The minimum atomic E-state index is -0.870. The zero-order valence-electron chi connectivity index (χ0n) is 13.0. The third-order valence-corrected chi connectivity index (χ3v) is 3.43. The number of amides is 1. The van der Waals surface area contributed by atoms with Gasteiger partial charge in [-0.3, -0.25) is 4.79 Å². The zero-order valence-corrected chi connectivity index (χ0v) is 13.0. The molecule has 5 heteroatoms. The number of benzene rings is 1. The summed E-state index contributed by atoms with van der Waals surface area (Å²) in [4.78, 5) is 12.1. The van der Waals surface area contributed by atoms with E-state index in [9.17, 15) is 14.3 Å². The highest BCUT2D eigenvalue weighted by molar-refractivity contribution is 5.81. The van der Waals surface area contributed by atoms with Crippen molar-refractivity contribution in [1.29, 1.82) is 0 Å². The van der Waals surface area contributed by atoms with Crippen molar-refractivity contribution in [2.45, 2.75) is 58.8 Å². The molecule has 0 aliphatic carbocycles. The third kappa shape index (κ3) is 5.01. The number of ether oxygens (including phenoxy) is 1. The average molecular weight is 297 g/mol. The maximum atomic E-state index is 13.2. The van der Waals surface area contributed by atoms with Crippen LogP contribution >= 0.6 is 0 Å². The third-order valence-electron chi connectivity index (χ3n) is 3.43. The van der Waals surface area contributed by atoms with Crippen LogP contribution in [0.25, 0.3) is 0 Å². The summed E-state index contributed by atoms with van der Waals surface area (Å²) in [5.74, 6) is -0.351. The topological polar surface area (TPSA) is 58.6 Å². The van der Waals surface area contributed by atoms with E-state index < -0.39 is 18.0 Å². The lowest BCUT2D eigenvalue weighted by molar-refractivity contribution is -0.128. The van der Waals surface area contributed by atoms with Gasteiger partial charge in [0.2, 0.25) is 0 Å². The molecule has 2 unspecified atom stereocenters. The summed E-state index contributed by atoms with van der Waals surface area (Å²) in [7, 11) is 0. The molecule has 4 nitrogen and oxygen atoms in total. The SMILES string of the molecule is CCC(CC)NC(=O)C(C)Oc1ccc(F)cc1C(C)O. The van der Waals surface area contributed by atoms with Gasteiger partial charge in [-0.25, -0.2) is 4.39 Å². The first-order valence-electron chi connectivity index (χ1n) is 7.33. The summed E-state index contributed by atoms with van der Waals surface area (Å²) in [5.41, 5.74) is 0.331. The number of carbonyl (C=O) groups is 1. The Morgan fingerprint density at radius 2 is 1.95 bits per heavy atom. The van der Waals surface area contributed by atoms with Gasteiger partial charge in [0.25, 0.3) is 5.91 Å². The van der Waals surface area contributed by atoms with Crippen molar-refractivity contribution in [2.24, 2.45) is 0 Å². The molecule has 0 aliphatic heterocycles. The Bertz CT molecular complexity index is 473. The molecule has 0 aliphatic rings. The second-order valence-corrected chi connectivity index (χ2v) is 5.14. The van der Waals surface area contributed by atoms with Crippen LogP contribution in [-0.4, -0.2) is 23.2 Å². The van der Waals surface area contributed by atoms with E-state index in [4.69, 9.17) is 4.74 Å². The first kappa shape index (κ1) is 17.4. The van der Waals surface area contributed by atoms with Gasteiger partial charge in [0.15, 0.2) is 6.10 Å². The molecular formula is C16H24FNO3. The standard InChI is InChI=1S/C16H24FNO3/c1-5-13(6-2)18-16(20)11(4)21-15-8-7-12(17)9-14(15)10(3)19/h7-11,13,19H,5-6H2,1-4H3,(H,18,20). The first-order chi connectivity index (χ1) is 9.88. The normalized spacial score (nSPS) is 13.9. The molecule has 1 rings (SSSR count). The van der Waals surface area contributed by atoms with E-state index in [1.165, 1.54) is 25.1 Å². The van der Waals surface area contributed by atoms with Gasteiger partial charge in [0.05, 0.1) is 6.10 Å². The van der Waals surface area contributed by atoms with Gasteiger partial charge in [-0.2, -0.15) is 0 Å². The summed E-state index contributed by atoms with van der Waals surface area (Å²) in [6.07, 6.45) is 0.119. The molecule has 0 heterocycles. The second-order valence-electron chi connectivity index (χ2n) is 5.14. The number of hydrogen-bond acceptors (Lipinski definition) is 3. The average Bonchev–Trinajstić information content (AvgIpc) is 2.45. The molecular weight excluding hydrogens is 273 g/mol. The molecule has 0 saturated heterocycles. The Morgan fingerprint density at radius 1 is 1.33 bits per heavy atom. The lowest BCUT2D eigenvalue weighted by Crippen LogP contribution is -2.42. The van der Waals surface area contributed by atoms with Gasteiger partial charge < -0.3 is 15.2 Å². The van der Waals surface area contributed by atoms with Crippen molar-refractivity contribution in [3.8, 4) is 5.75 Å².